The lowest BCUT2D eigenvalue weighted by molar-refractivity contribution is -0.113. The summed E-state index contributed by atoms with van der Waals surface area (Å²) in [6.07, 6.45) is 0.997. The summed E-state index contributed by atoms with van der Waals surface area (Å²) in [5.41, 5.74) is 3.64. The van der Waals surface area contributed by atoms with Crippen molar-refractivity contribution in [3.8, 4) is 17.2 Å². The van der Waals surface area contributed by atoms with Crippen LogP contribution in [0.25, 0.3) is 0 Å². The first-order valence-electron chi connectivity index (χ1n) is 14.0. The summed E-state index contributed by atoms with van der Waals surface area (Å²) >= 11 is 1.58. The molecule has 1 amide bonds. The lowest BCUT2D eigenvalue weighted by atomic mass is 9.94. The molecule has 4 aromatic rings. The summed E-state index contributed by atoms with van der Waals surface area (Å²) in [4.78, 5) is 18.7. The summed E-state index contributed by atoms with van der Waals surface area (Å²) in [5.74, 6) is 2.96. The van der Waals surface area contributed by atoms with E-state index in [9.17, 15) is 4.79 Å². The molecule has 2 heterocycles. The second-order valence-electron chi connectivity index (χ2n) is 9.65. The minimum Gasteiger partial charge on any atom is -0.493 e. The highest BCUT2D eigenvalue weighted by Gasteiger charge is 2.35. The van der Waals surface area contributed by atoms with Gasteiger partial charge in [0.15, 0.2) is 11.5 Å². The Morgan fingerprint density at radius 2 is 1.79 bits per heavy atom. The molecule has 0 bridgehead atoms. The van der Waals surface area contributed by atoms with Crippen molar-refractivity contribution in [1.29, 1.82) is 0 Å². The van der Waals surface area contributed by atoms with E-state index in [0.717, 1.165) is 23.3 Å². The zero-order chi connectivity index (χ0) is 29.5. The van der Waals surface area contributed by atoms with Crippen molar-refractivity contribution in [1.82, 2.24) is 14.8 Å². The molecule has 9 nitrogen and oxygen atoms in total. The van der Waals surface area contributed by atoms with Crippen LogP contribution in [0.1, 0.15) is 44.4 Å². The fourth-order valence-electron chi connectivity index (χ4n) is 4.74. The zero-order valence-electron chi connectivity index (χ0n) is 24.2. The van der Waals surface area contributed by atoms with Gasteiger partial charge in [0.25, 0.3) is 5.91 Å². The number of carbonyl (C=O) groups excluding carboxylic acids is 1. The van der Waals surface area contributed by atoms with Crippen molar-refractivity contribution in [2.24, 2.45) is 0 Å². The number of hydrogen-bond acceptors (Lipinski definition) is 8. The number of rotatable bonds is 12. The molecular weight excluding hydrogens is 550 g/mol. The summed E-state index contributed by atoms with van der Waals surface area (Å²) in [7, 11) is 1.61. The molecule has 0 fully saturated rings. The van der Waals surface area contributed by atoms with E-state index < -0.39 is 6.04 Å². The van der Waals surface area contributed by atoms with Crippen LogP contribution in [0.2, 0.25) is 0 Å². The quantitative estimate of drug-likeness (QED) is 0.177. The van der Waals surface area contributed by atoms with Crippen molar-refractivity contribution in [3.63, 3.8) is 0 Å². The highest BCUT2D eigenvalue weighted by molar-refractivity contribution is 7.99. The Bertz CT molecular complexity index is 1570. The second-order valence-corrected chi connectivity index (χ2v) is 10.7. The Morgan fingerprint density at radius 1 is 1.00 bits per heavy atom. The number of nitrogens with one attached hydrogen (secondary N) is 2. The number of ether oxygens (including phenoxy) is 3. The first-order valence-corrected chi connectivity index (χ1v) is 15.0. The van der Waals surface area contributed by atoms with Crippen molar-refractivity contribution < 1.29 is 19.0 Å². The van der Waals surface area contributed by atoms with Gasteiger partial charge in [-0.2, -0.15) is 4.98 Å². The molecule has 1 aliphatic heterocycles. The predicted molar refractivity (Wildman–Crippen MR) is 166 cm³/mol. The van der Waals surface area contributed by atoms with E-state index in [4.69, 9.17) is 24.3 Å². The molecule has 5 rings (SSSR count). The SMILES string of the molecule is CCCSc1nc2n(n1)C(c1ccc(OCc3ccccc3)c(OC)c1)C(C(=O)Nc1ccccc1OCC)=C(C)N2. The minimum absolute atomic E-state index is 0.274. The van der Waals surface area contributed by atoms with Crippen LogP contribution in [-0.2, 0) is 11.4 Å². The molecule has 218 valence electrons. The monoisotopic (exact) mass is 585 g/mol. The van der Waals surface area contributed by atoms with Gasteiger partial charge in [0.2, 0.25) is 11.1 Å². The smallest absolute Gasteiger partial charge is 0.255 e. The van der Waals surface area contributed by atoms with Gasteiger partial charge in [-0.1, -0.05) is 67.2 Å². The molecule has 1 atom stereocenters. The molecule has 2 N–H and O–H groups in total. The average Bonchev–Trinajstić information content (AvgIpc) is 3.42. The number of anilines is 2. The van der Waals surface area contributed by atoms with E-state index in [1.54, 1.807) is 23.6 Å². The largest absolute Gasteiger partial charge is 0.493 e. The number of carbonyl (C=O) groups is 1. The third kappa shape index (κ3) is 6.38. The van der Waals surface area contributed by atoms with Gasteiger partial charge in [-0.3, -0.25) is 4.79 Å². The summed E-state index contributed by atoms with van der Waals surface area (Å²) in [6, 6.07) is 22.5. The Labute approximate surface area is 250 Å². The van der Waals surface area contributed by atoms with Gasteiger partial charge in [0.1, 0.15) is 18.4 Å². The lowest BCUT2D eigenvalue weighted by Gasteiger charge is -2.29. The first-order chi connectivity index (χ1) is 20.5. The van der Waals surface area contributed by atoms with Crippen LogP contribution in [0.4, 0.5) is 11.6 Å². The van der Waals surface area contributed by atoms with Crippen LogP contribution in [0.15, 0.2) is 89.2 Å². The molecule has 0 aliphatic carbocycles. The van der Waals surface area contributed by atoms with Crippen molar-refractivity contribution in [2.45, 2.75) is 45.0 Å². The van der Waals surface area contributed by atoms with Crippen LogP contribution in [0, 0.1) is 0 Å². The summed E-state index contributed by atoms with van der Waals surface area (Å²) < 4.78 is 19.4. The topological polar surface area (TPSA) is 99.5 Å². The molecular formula is C32H35N5O4S. The molecule has 0 radical (unpaired) electrons. The van der Waals surface area contributed by atoms with Gasteiger partial charge >= 0.3 is 0 Å². The van der Waals surface area contributed by atoms with E-state index >= 15 is 0 Å². The molecule has 1 aliphatic rings. The maximum atomic E-state index is 14.0. The normalized spacial score (nSPS) is 14.1. The molecule has 1 aromatic heterocycles. The van der Waals surface area contributed by atoms with Gasteiger partial charge < -0.3 is 24.8 Å². The van der Waals surface area contributed by atoms with Gasteiger partial charge in [-0.05, 0) is 55.7 Å². The van der Waals surface area contributed by atoms with Crippen LogP contribution >= 0.6 is 11.8 Å². The Balaban J connectivity index is 1.52. The number of hydrogen-bond donors (Lipinski definition) is 2. The highest BCUT2D eigenvalue weighted by Crippen LogP contribution is 2.40. The van der Waals surface area contributed by atoms with Gasteiger partial charge in [-0.15, -0.1) is 5.10 Å². The number of allylic oxidation sites excluding steroid dienone is 1. The Hall–Kier alpha value is -4.44. The van der Waals surface area contributed by atoms with E-state index in [2.05, 4.69) is 17.6 Å². The molecule has 10 heteroatoms. The zero-order valence-corrected chi connectivity index (χ0v) is 25.0. The second kappa shape index (κ2) is 13.5. The van der Waals surface area contributed by atoms with Gasteiger partial charge in [-0.25, -0.2) is 4.68 Å². The molecule has 0 saturated carbocycles. The van der Waals surface area contributed by atoms with Gasteiger partial charge in [0, 0.05) is 11.4 Å². The van der Waals surface area contributed by atoms with Crippen LogP contribution in [-0.4, -0.2) is 40.1 Å². The molecule has 1 unspecified atom stereocenters. The molecule has 0 saturated heterocycles. The third-order valence-electron chi connectivity index (χ3n) is 6.69. The number of fused-ring (bicyclic) bond motifs is 1. The number of methoxy groups -OCH3 is 1. The number of thioether (sulfide) groups is 1. The Kier molecular flexibility index (Phi) is 9.33. The standard InChI is InChI=1S/C32H35N5O4S/c1-5-18-42-32-35-31-33-21(3)28(30(38)34-24-14-10-11-15-25(24)40-6-2)29(37(31)36-32)23-16-17-26(27(19-23)39-4)41-20-22-12-8-7-9-13-22/h7-17,19,29H,5-6,18,20H2,1-4H3,(H,34,38)(H,33,35,36). The number of aromatic nitrogens is 3. The molecule has 0 spiro atoms. The number of benzene rings is 3. The Morgan fingerprint density at radius 3 is 2.55 bits per heavy atom. The number of amides is 1. The molecule has 3 aromatic carbocycles. The van der Waals surface area contributed by atoms with Crippen molar-refractivity contribution in [2.75, 3.05) is 30.1 Å². The average molecular weight is 586 g/mol. The maximum Gasteiger partial charge on any atom is 0.255 e. The van der Waals surface area contributed by atoms with Gasteiger partial charge in [0.05, 0.1) is 25.0 Å². The lowest BCUT2D eigenvalue weighted by Crippen LogP contribution is -2.31. The summed E-state index contributed by atoms with van der Waals surface area (Å²) in [6.45, 7) is 6.79. The fraction of sp³-hybridized carbons (Fsp3) is 0.281. The van der Waals surface area contributed by atoms with Crippen LogP contribution in [0.5, 0.6) is 17.2 Å². The number of para-hydroxylation sites is 2. The van der Waals surface area contributed by atoms with Crippen molar-refractivity contribution in [3.05, 3.63) is 95.2 Å². The van der Waals surface area contributed by atoms with Crippen LogP contribution in [0.3, 0.4) is 0 Å². The maximum absolute atomic E-state index is 14.0. The number of nitrogens with zero attached hydrogens (tertiary/aromatic N) is 3. The van der Waals surface area contributed by atoms with E-state index in [0.29, 0.717) is 58.5 Å². The first kappa shape index (κ1) is 29.1. The molecule has 42 heavy (non-hydrogen) atoms. The fourth-order valence-corrected chi connectivity index (χ4v) is 5.42. The predicted octanol–water partition coefficient (Wildman–Crippen LogP) is 6.69. The van der Waals surface area contributed by atoms with Crippen molar-refractivity contribution >= 4 is 29.3 Å². The van der Waals surface area contributed by atoms with E-state index in [1.807, 2.05) is 86.6 Å². The third-order valence-corrected chi connectivity index (χ3v) is 7.73. The summed E-state index contributed by atoms with van der Waals surface area (Å²) in [5, 5.41) is 11.8. The minimum atomic E-state index is -0.568. The van der Waals surface area contributed by atoms with Crippen LogP contribution < -0.4 is 24.8 Å². The van der Waals surface area contributed by atoms with E-state index in [1.165, 1.54) is 0 Å². The highest BCUT2D eigenvalue weighted by atomic mass is 32.2. The van der Waals surface area contributed by atoms with E-state index in [-0.39, 0.29) is 5.91 Å².